The number of epoxide rings is 1. The molecule has 1 saturated heterocycles. The van der Waals surface area contributed by atoms with Gasteiger partial charge in [0.05, 0.1) is 6.10 Å². The van der Waals surface area contributed by atoms with Crippen molar-refractivity contribution in [3.05, 3.63) is 35.9 Å². The summed E-state index contributed by atoms with van der Waals surface area (Å²) in [4.78, 5) is 11.1. The van der Waals surface area contributed by atoms with Gasteiger partial charge in [0.25, 0.3) is 0 Å². The van der Waals surface area contributed by atoms with E-state index in [1.807, 2.05) is 32.0 Å². The molecule has 0 amide bonds. The van der Waals surface area contributed by atoms with Crippen molar-refractivity contribution in [2.75, 3.05) is 0 Å². The standard InChI is InChI=1S/C17H20O3/c1-13-17(3,20-13)12-11-16(19-14(2)18)10-9-15-7-5-4-6-8-15/h4-8,13,16H,9-10H2,1-3H3. The van der Waals surface area contributed by atoms with E-state index in [1.165, 1.54) is 12.5 Å². The van der Waals surface area contributed by atoms with Crippen molar-refractivity contribution in [3.63, 3.8) is 0 Å². The van der Waals surface area contributed by atoms with E-state index in [0.29, 0.717) is 6.42 Å². The van der Waals surface area contributed by atoms with E-state index in [-0.39, 0.29) is 23.8 Å². The van der Waals surface area contributed by atoms with Gasteiger partial charge in [-0.1, -0.05) is 42.2 Å². The molecular weight excluding hydrogens is 252 g/mol. The molecule has 3 nitrogen and oxygen atoms in total. The van der Waals surface area contributed by atoms with Crippen LogP contribution in [0.3, 0.4) is 0 Å². The van der Waals surface area contributed by atoms with Gasteiger partial charge in [-0.3, -0.25) is 4.79 Å². The SMILES string of the molecule is CC(=O)OC(C#CC1(C)OC1C)CCc1ccccc1. The van der Waals surface area contributed by atoms with E-state index >= 15 is 0 Å². The highest BCUT2D eigenvalue weighted by Crippen LogP contribution is 2.34. The maximum atomic E-state index is 11.1. The van der Waals surface area contributed by atoms with E-state index in [2.05, 4.69) is 24.0 Å². The van der Waals surface area contributed by atoms with Crippen molar-refractivity contribution >= 4 is 5.97 Å². The van der Waals surface area contributed by atoms with Gasteiger partial charge in [-0.2, -0.15) is 0 Å². The highest BCUT2D eigenvalue weighted by molar-refractivity contribution is 5.66. The van der Waals surface area contributed by atoms with Crippen LogP contribution in [-0.4, -0.2) is 23.8 Å². The Hall–Kier alpha value is -1.79. The highest BCUT2D eigenvalue weighted by Gasteiger charge is 2.47. The first-order chi connectivity index (χ1) is 9.49. The Kier molecular flexibility index (Phi) is 4.46. The lowest BCUT2D eigenvalue weighted by Crippen LogP contribution is -2.16. The van der Waals surface area contributed by atoms with Gasteiger partial charge in [-0.25, -0.2) is 0 Å². The Labute approximate surface area is 120 Å². The molecule has 0 aromatic heterocycles. The van der Waals surface area contributed by atoms with Gasteiger partial charge >= 0.3 is 5.97 Å². The van der Waals surface area contributed by atoms with Crippen LogP contribution in [0.4, 0.5) is 0 Å². The predicted octanol–water partition coefficient (Wildman–Crippen LogP) is 2.73. The third-order valence-corrected chi connectivity index (χ3v) is 3.47. The molecule has 0 bridgehead atoms. The lowest BCUT2D eigenvalue weighted by atomic mass is 10.1. The van der Waals surface area contributed by atoms with Crippen molar-refractivity contribution in [2.45, 2.75) is 51.4 Å². The van der Waals surface area contributed by atoms with Crippen molar-refractivity contribution in [1.82, 2.24) is 0 Å². The molecule has 3 heteroatoms. The maximum absolute atomic E-state index is 11.1. The Morgan fingerprint density at radius 3 is 2.65 bits per heavy atom. The largest absolute Gasteiger partial charge is 0.449 e. The number of ether oxygens (including phenoxy) is 2. The van der Waals surface area contributed by atoms with E-state index in [0.717, 1.165) is 6.42 Å². The number of aryl methyl sites for hydroxylation is 1. The minimum absolute atomic E-state index is 0.155. The molecule has 0 aliphatic carbocycles. The van der Waals surface area contributed by atoms with Crippen LogP contribution in [-0.2, 0) is 20.7 Å². The first-order valence-corrected chi connectivity index (χ1v) is 6.91. The smallest absolute Gasteiger partial charge is 0.303 e. The number of carbonyl (C=O) groups excluding carboxylic acids is 1. The normalized spacial score (nSPS) is 25.2. The Balaban J connectivity index is 1.95. The van der Waals surface area contributed by atoms with Gasteiger partial charge in [0, 0.05) is 6.92 Å². The summed E-state index contributed by atoms with van der Waals surface area (Å²) in [5, 5.41) is 0. The molecule has 1 aliphatic heterocycles. The molecule has 1 fully saturated rings. The first-order valence-electron chi connectivity index (χ1n) is 6.91. The second-order valence-corrected chi connectivity index (χ2v) is 5.26. The second-order valence-electron chi connectivity index (χ2n) is 5.26. The zero-order chi connectivity index (χ0) is 14.6. The fourth-order valence-electron chi connectivity index (χ4n) is 1.99. The fourth-order valence-corrected chi connectivity index (χ4v) is 1.99. The molecule has 1 aromatic carbocycles. The van der Waals surface area contributed by atoms with Crippen molar-refractivity contribution in [1.29, 1.82) is 0 Å². The molecule has 0 radical (unpaired) electrons. The van der Waals surface area contributed by atoms with Crippen molar-refractivity contribution in [3.8, 4) is 11.8 Å². The molecule has 3 unspecified atom stereocenters. The van der Waals surface area contributed by atoms with E-state index in [1.54, 1.807) is 0 Å². The Morgan fingerprint density at radius 2 is 2.10 bits per heavy atom. The summed E-state index contributed by atoms with van der Waals surface area (Å²) in [7, 11) is 0. The molecule has 2 rings (SSSR count). The average Bonchev–Trinajstić information content (AvgIpc) is 3.02. The van der Waals surface area contributed by atoms with Crippen LogP contribution in [0.25, 0.3) is 0 Å². The van der Waals surface area contributed by atoms with Crippen molar-refractivity contribution in [2.24, 2.45) is 0 Å². The number of esters is 1. The number of hydrogen-bond acceptors (Lipinski definition) is 3. The van der Waals surface area contributed by atoms with E-state index < -0.39 is 0 Å². The second kappa shape index (κ2) is 6.11. The lowest BCUT2D eigenvalue weighted by Gasteiger charge is -2.11. The van der Waals surface area contributed by atoms with Gasteiger partial charge in [0.15, 0.2) is 11.7 Å². The zero-order valence-corrected chi connectivity index (χ0v) is 12.2. The van der Waals surface area contributed by atoms with Gasteiger partial charge in [-0.05, 0) is 32.3 Å². The van der Waals surface area contributed by atoms with Crippen LogP contribution in [0.15, 0.2) is 30.3 Å². The van der Waals surface area contributed by atoms with Crippen LogP contribution in [0.2, 0.25) is 0 Å². The van der Waals surface area contributed by atoms with Gasteiger partial charge in [-0.15, -0.1) is 0 Å². The monoisotopic (exact) mass is 272 g/mol. The minimum Gasteiger partial charge on any atom is -0.449 e. The van der Waals surface area contributed by atoms with Crippen LogP contribution < -0.4 is 0 Å². The molecular formula is C17H20O3. The lowest BCUT2D eigenvalue weighted by molar-refractivity contribution is -0.143. The third kappa shape index (κ3) is 4.11. The van der Waals surface area contributed by atoms with Crippen LogP contribution in [0, 0.1) is 11.8 Å². The molecule has 0 N–H and O–H groups in total. The first kappa shape index (κ1) is 14.6. The van der Waals surface area contributed by atoms with E-state index in [4.69, 9.17) is 9.47 Å². The fraction of sp³-hybridized carbons (Fsp3) is 0.471. The molecule has 1 aliphatic rings. The highest BCUT2D eigenvalue weighted by atomic mass is 16.6. The molecule has 1 aromatic rings. The van der Waals surface area contributed by atoms with Crippen LogP contribution in [0.5, 0.6) is 0 Å². The van der Waals surface area contributed by atoms with Crippen LogP contribution >= 0.6 is 0 Å². The summed E-state index contributed by atoms with van der Waals surface area (Å²) < 4.78 is 10.7. The number of hydrogen-bond donors (Lipinski definition) is 0. The molecule has 0 spiro atoms. The summed E-state index contributed by atoms with van der Waals surface area (Å²) >= 11 is 0. The summed E-state index contributed by atoms with van der Waals surface area (Å²) in [5.41, 5.74) is 0.846. The summed E-state index contributed by atoms with van der Waals surface area (Å²) in [6, 6.07) is 10.1. The maximum Gasteiger partial charge on any atom is 0.303 e. The topological polar surface area (TPSA) is 38.8 Å². The van der Waals surface area contributed by atoms with Crippen molar-refractivity contribution < 1.29 is 14.3 Å². The average molecular weight is 272 g/mol. The zero-order valence-electron chi connectivity index (χ0n) is 12.2. The summed E-state index contributed by atoms with van der Waals surface area (Å²) in [5.74, 6) is 5.81. The molecule has 0 saturated carbocycles. The quantitative estimate of drug-likeness (QED) is 0.480. The minimum atomic E-state index is -0.374. The Morgan fingerprint density at radius 1 is 1.45 bits per heavy atom. The van der Waals surface area contributed by atoms with Crippen LogP contribution in [0.1, 0.15) is 32.8 Å². The van der Waals surface area contributed by atoms with Gasteiger partial charge in [0.1, 0.15) is 0 Å². The molecule has 20 heavy (non-hydrogen) atoms. The van der Waals surface area contributed by atoms with E-state index in [9.17, 15) is 4.79 Å². The molecule has 106 valence electrons. The number of rotatable bonds is 4. The summed E-state index contributed by atoms with van der Waals surface area (Å²) in [6.45, 7) is 5.35. The predicted molar refractivity (Wildman–Crippen MR) is 77.0 cm³/mol. The third-order valence-electron chi connectivity index (χ3n) is 3.47. The van der Waals surface area contributed by atoms with Gasteiger partial charge in [0.2, 0.25) is 0 Å². The summed E-state index contributed by atoms with van der Waals surface area (Å²) in [6.07, 6.45) is 1.31. The molecule has 1 heterocycles. The number of benzene rings is 1. The number of carbonyl (C=O) groups is 1. The molecule has 3 atom stereocenters. The Bertz CT molecular complexity index is 526. The van der Waals surface area contributed by atoms with Gasteiger partial charge < -0.3 is 9.47 Å².